The van der Waals surface area contributed by atoms with E-state index in [1.807, 2.05) is 31.2 Å². The van der Waals surface area contributed by atoms with E-state index in [9.17, 15) is 9.59 Å². The summed E-state index contributed by atoms with van der Waals surface area (Å²) in [5, 5.41) is 10.2. The summed E-state index contributed by atoms with van der Waals surface area (Å²) >= 11 is 6.29. The minimum atomic E-state index is -0.438. The van der Waals surface area contributed by atoms with Crippen LogP contribution in [0.1, 0.15) is 30.5 Å². The number of nitrogens with one attached hydrogen (secondary N) is 2. The van der Waals surface area contributed by atoms with E-state index < -0.39 is 6.04 Å². The lowest BCUT2D eigenvalue weighted by molar-refractivity contribution is -0.120. The fourth-order valence-corrected chi connectivity index (χ4v) is 3.12. The van der Waals surface area contributed by atoms with Crippen molar-refractivity contribution in [2.75, 3.05) is 5.32 Å². The maximum atomic E-state index is 12.7. The first kappa shape index (κ1) is 19.6. The summed E-state index contributed by atoms with van der Waals surface area (Å²) in [6.45, 7) is 3.41. The van der Waals surface area contributed by atoms with E-state index in [2.05, 4.69) is 20.7 Å². The molecule has 28 heavy (non-hydrogen) atoms. The highest BCUT2D eigenvalue weighted by Gasteiger charge is 2.19. The lowest BCUT2D eigenvalue weighted by atomic mass is 10.0. The number of carbonyl (C=O) groups is 2. The van der Waals surface area contributed by atoms with E-state index >= 15 is 0 Å². The summed E-state index contributed by atoms with van der Waals surface area (Å²) in [6.07, 6.45) is 2.97. The van der Waals surface area contributed by atoms with Crippen LogP contribution in [0.2, 0.25) is 5.02 Å². The second-order valence-corrected chi connectivity index (χ2v) is 6.80. The lowest BCUT2D eigenvalue weighted by Crippen LogP contribution is -2.30. The third kappa shape index (κ3) is 4.75. The summed E-state index contributed by atoms with van der Waals surface area (Å²) < 4.78 is 1.49. The van der Waals surface area contributed by atoms with Gasteiger partial charge in [-0.2, -0.15) is 5.10 Å². The van der Waals surface area contributed by atoms with Gasteiger partial charge in [-0.3, -0.25) is 9.59 Å². The normalized spacial score (nSPS) is 11.7. The van der Waals surface area contributed by atoms with Crippen LogP contribution in [0, 0.1) is 6.92 Å². The van der Waals surface area contributed by atoms with Crippen LogP contribution in [0.4, 0.5) is 5.69 Å². The molecule has 8 heteroatoms. The minimum Gasteiger partial charge on any atom is -0.349 e. The molecule has 2 N–H and O–H groups in total. The van der Waals surface area contributed by atoms with Gasteiger partial charge in [0.25, 0.3) is 0 Å². The summed E-state index contributed by atoms with van der Waals surface area (Å²) in [4.78, 5) is 28.3. The van der Waals surface area contributed by atoms with Crippen molar-refractivity contribution in [2.24, 2.45) is 0 Å². The Morgan fingerprint density at radius 3 is 2.57 bits per heavy atom. The monoisotopic (exact) mass is 397 g/mol. The predicted octanol–water partition coefficient (Wildman–Crippen LogP) is 3.44. The molecule has 0 saturated carbocycles. The Kier molecular flexibility index (Phi) is 6.06. The highest BCUT2D eigenvalue weighted by atomic mass is 35.5. The number of hydrogen-bond acceptors (Lipinski definition) is 4. The van der Waals surface area contributed by atoms with Crippen molar-refractivity contribution in [3.63, 3.8) is 0 Å². The third-order valence-electron chi connectivity index (χ3n) is 4.16. The number of carbonyl (C=O) groups excluding carboxylic acids is 2. The zero-order chi connectivity index (χ0) is 20.1. The molecular formula is C20H20ClN5O2. The molecule has 0 aliphatic carbocycles. The average Bonchev–Trinajstić information content (AvgIpc) is 3.15. The van der Waals surface area contributed by atoms with Crippen molar-refractivity contribution >= 4 is 29.1 Å². The number of anilines is 1. The molecule has 3 rings (SSSR count). The second kappa shape index (κ2) is 8.67. The Balaban J connectivity index is 1.81. The van der Waals surface area contributed by atoms with Crippen LogP contribution in [-0.2, 0) is 9.59 Å². The molecule has 1 heterocycles. The Morgan fingerprint density at radius 1 is 1.18 bits per heavy atom. The second-order valence-electron chi connectivity index (χ2n) is 6.39. The molecule has 0 bridgehead atoms. The standard InChI is InChI=1S/C20H20ClN5O2/c1-13-6-8-15(9-7-13)18(24-14(2)27)10-19(28)25-17-5-3-4-16(21)20(17)26-12-22-11-23-26/h3-9,11-12,18H,10H2,1-2H3,(H,24,27)(H,25,28). The number of aromatic nitrogens is 3. The quantitative estimate of drug-likeness (QED) is 0.666. The number of aryl methyl sites for hydroxylation is 1. The number of para-hydroxylation sites is 1. The zero-order valence-electron chi connectivity index (χ0n) is 15.5. The molecule has 0 saturated heterocycles. The number of nitrogens with zero attached hydrogens (tertiary/aromatic N) is 3. The van der Waals surface area contributed by atoms with E-state index in [1.54, 1.807) is 18.2 Å². The highest BCUT2D eigenvalue weighted by Crippen LogP contribution is 2.28. The lowest BCUT2D eigenvalue weighted by Gasteiger charge is -2.19. The van der Waals surface area contributed by atoms with Crippen molar-refractivity contribution in [1.29, 1.82) is 0 Å². The predicted molar refractivity (Wildman–Crippen MR) is 107 cm³/mol. The van der Waals surface area contributed by atoms with Gasteiger partial charge in [0.15, 0.2) is 0 Å². The van der Waals surface area contributed by atoms with E-state index in [0.717, 1.165) is 11.1 Å². The highest BCUT2D eigenvalue weighted by molar-refractivity contribution is 6.33. The van der Waals surface area contributed by atoms with Crippen LogP contribution in [0.25, 0.3) is 5.69 Å². The van der Waals surface area contributed by atoms with Gasteiger partial charge < -0.3 is 10.6 Å². The van der Waals surface area contributed by atoms with Gasteiger partial charge in [0.05, 0.1) is 23.2 Å². The molecule has 2 amide bonds. The minimum absolute atomic E-state index is 0.0753. The van der Waals surface area contributed by atoms with Gasteiger partial charge in [-0.25, -0.2) is 9.67 Å². The molecule has 0 aliphatic rings. The zero-order valence-corrected chi connectivity index (χ0v) is 16.3. The SMILES string of the molecule is CC(=O)NC(CC(=O)Nc1cccc(Cl)c1-n1cncn1)c1ccc(C)cc1. The first-order valence-electron chi connectivity index (χ1n) is 8.71. The van der Waals surface area contributed by atoms with Gasteiger partial charge >= 0.3 is 0 Å². The van der Waals surface area contributed by atoms with Crippen molar-refractivity contribution in [3.05, 3.63) is 71.3 Å². The fraction of sp³-hybridized carbons (Fsp3) is 0.200. The Morgan fingerprint density at radius 2 is 1.93 bits per heavy atom. The van der Waals surface area contributed by atoms with E-state index in [0.29, 0.717) is 16.4 Å². The van der Waals surface area contributed by atoms with Gasteiger partial charge in [-0.15, -0.1) is 0 Å². The van der Waals surface area contributed by atoms with Gasteiger partial charge in [0.1, 0.15) is 18.3 Å². The number of halogens is 1. The van der Waals surface area contributed by atoms with Crippen LogP contribution in [0.3, 0.4) is 0 Å². The molecule has 1 aromatic heterocycles. The van der Waals surface area contributed by atoms with Gasteiger partial charge in [-0.1, -0.05) is 47.5 Å². The summed E-state index contributed by atoms with van der Waals surface area (Å²) in [6, 6.07) is 12.5. The fourth-order valence-electron chi connectivity index (χ4n) is 2.86. The molecule has 0 fully saturated rings. The molecule has 0 radical (unpaired) electrons. The maximum Gasteiger partial charge on any atom is 0.226 e. The molecular weight excluding hydrogens is 378 g/mol. The third-order valence-corrected chi connectivity index (χ3v) is 4.46. The average molecular weight is 398 g/mol. The molecule has 3 aromatic rings. The van der Waals surface area contributed by atoms with Gasteiger partial charge in [0, 0.05) is 6.92 Å². The van der Waals surface area contributed by atoms with Crippen LogP contribution in [0.5, 0.6) is 0 Å². The smallest absolute Gasteiger partial charge is 0.226 e. The summed E-state index contributed by atoms with van der Waals surface area (Å²) in [7, 11) is 0. The van der Waals surface area contributed by atoms with E-state index in [4.69, 9.17) is 11.6 Å². The molecule has 1 atom stereocenters. The molecule has 144 valence electrons. The van der Waals surface area contributed by atoms with Crippen molar-refractivity contribution < 1.29 is 9.59 Å². The molecule has 0 aliphatic heterocycles. The van der Waals surface area contributed by atoms with E-state index in [-0.39, 0.29) is 18.2 Å². The maximum absolute atomic E-state index is 12.7. The molecule has 7 nitrogen and oxygen atoms in total. The Hall–Kier alpha value is -3.19. The Labute approximate surface area is 167 Å². The van der Waals surface area contributed by atoms with E-state index in [1.165, 1.54) is 24.3 Å². The number of rotatable bonds is 6. The molecule has 1 unspecified atom stereocenters. The van der Waals surface area contributed by atoms with Crippen molar-refractivity contribution in [1.82, 2.24) is 20.1 Å². The Bertz CT molecular complexity index is 971. The first-order chi connectivity index (χ1) is 13.4. The molecule has 0 spiro atoms. The number of benzene rings is 2. The number of amides is 2. The number of hydrogen-bond donors (Lipinski definition) is 2. The molecule has 2 aromatic carbocycles. The topological polar surface area (TPSA) is 88.9 Å². The summed E-state index contributed by atoms with van der Waals surface area (Å²) in [5.74, 6) is -0.465. The summed E-state index contributed by atoms with van der Waals surface area (Å²) in [5.41, 5.74) is 3.00. The van der Waals surface area contributed by atoms with Crippen LogP contribution >= 0.6 is 11.6 Å². The largest absolute Gasteiger partial charge is 0.349 e. The van der Waals surface area contributed by atoms with Crippen LogP contribution in [-0.4, -0.2) is 26.6 Å². The van der Waals surface area contributed by atoms with Crippen molar-refractivity contribution in [3.8, 4) is 5.69 Å². The first-order valence-corrected chi connectivity index (χ1v) is 9.09. The van der Waals surface area contributed by atoms with Gasteiger partial charge in [-0.05, 0) is 24.6 Å². The van der Waals surface area contributed by atoms with Crippen LogP contribution < -0.4 is 10.6 Å². The van der Waals surface area contributed by atoms with Crippen LogP contribution in [0.15, 0.2) is 55.1 Å². The van der Waals surface area contributed by atoms with Crippen molar-refractivity contribution in [2.45, 2.75) is 26.3 Å². The van der Waals surface area contributed by atoms with Gasteiger partial charge in [0.2, 0.25) is 11.8 Å².